The normalized spacial score (nSPS) is 11.4. The number of ether oxygens (including phenoxy) is 1. The van der Waals surface area contributed by atoms with Crippen molar-refractivity contribution in [2.24, 2.45) is 0 Å². The van der Waals surface area contributed by atoms with Crippen LogP contribution in [-0.2, 0) is 0 Å². The van der Waals surface area contributed by atoms with Gasteiger partial charge in [0, 0.05) is 15.6 Å². The van der Waals surface area contributed by atoms with Gasteiger partial charge in [0.15, 0.2) is 4.96 Å². The first-order chi connectivity index (χ1) is 13.7. The summed E-state index contributed by atoms with van der Waals surface area (Å²) in [6, 6.07) is 15.5. The van der Waals surface area contributed by atoms with Crippen molar-refractivity contribution >= 4 is 42.4 Å². The molecule has 0 radical (unpaired) electrons. The van der Waals surface area contributed by atoms with Crippen LogP contribution < -0.4 is 10.3 Å². The van der Waals surface area contributed by atoms with Crippen LogP contribution in [0.4, 0.5) is 0 Å². The lowest BCUT2D eigenvalue weighted by molar-refractivity contribution is 0.415. The Morgan fingerprint density at radius 3 is 2.50 bits per heavy atom. The highest BCUT2D eigenvalue weighted by Crippen LogP contribution is 2.35. The summed E-state index contributed by atoms with van der Waals surface area (Å²) < 4.78 is 8.92. The molecule has 5 rings (SSSR count). The van der Waals surface area contributed by atoms with Crippen LogP contribution in [0.25, 0.3) is 37.7 Å². The van der Waals surface area contributed by atoms with Crippen LogP contribution in [0.1, 0.15) is 0 Å². The molecule has 3 aromatic heterocycles. The molecule has 8 heteroatoms. The molecular weight excluding hydrogens is 440 g/mol. The lowest BCUT2D eigenvalue weighted by Crippen LogP contribution is -2.11. The van der Waals surface area contributed by atoms with Crippen molar-refractivity contribution in [3.63, 3.8) is 0 Å². The van der Waals surface area contributed by atoms with Crippen molar-refractivity contribution in [3.8, 4) is 28.3 Å². The van der Waals surface area contributed by atoms with Gasteiger partial charge >= 0.3 is 0 Å². The second-order valence-electron chi connectivity index (χ2n) is 6.18. The molecule has 138 valence electrons. The summed E-state index contributed by atoms with van der Waals surface area (Å²) in [5.74, 6) is 0.767. The SMILES string of the molecule is COc1ccc(-c2n[nH]c(=O)c3c2sc2ncc(-c4ccc(Br)cc4)n23)cc1. The number of imidazole rings is 1. The van der Waals surface area contributed by atoms with Gasteiger partial charge in [-0.05, 0) is 36.4 Å². The van der Waals surface area contributed by atoms with Gasteiger partial charge in [0.05, 0.1) is 23.7 Å². The average molecular weight is 453 g/mol. The number of nitrogens with one attached hydrogen (secondary N) is 1. The van der Waals surface area contributed by atoms with Crippen LogP contribution in [0.2, 0.25) is 0 Å². The zero-order chi connectivity index (χ0) is 19.3. The van der Waals surface area contributed by atoms with Crippen molar-refractivity contribution in [1.82, 2.24) is 19.6 Å². The molecule has 3 heterocycles. The number of methoxy groups -OCH3 is 1. The maximum Gasteiger partial charge on any atom is 0.290 e. The number of aromatic amines is 1. The van der Waals surface area contributed by atoms with Crippen molar-refractivity contribution < 1.29 is 4.74 Å². The van der Waals surface area contributed by atoms with E-state index >= 15 is 0 Å². The zero-order valence-electron chi connectivity index (χ0n) is 14.6. The molecule has 0 amide bonds. The van der Waals surface area contributed by atoms with E-state index in [9.17, 15) is 4.79 Å². The maximum atomic E-state index is 12.7. The molecule has 0 bridgehead atoms. The van der Waals surface area contributed by atoms with Gasteiger partial charge in [-0.2, -0.15) is 5.10 Å². The topological polar surface area (TPSA) is 72.3 Å². The third-order valence-corrected chi connectivity index (χ3v) is 6.15. The first kappa shape index (κ1) is 17.2. The molecular formula is C20H13BrN4O2S. The van der Waals surface area contributed by atoms with E-state index < -0.39 is 0 Å². The highest BCUT2D eigenvalue weighted by atomic mass is 79.9. The van der Waals surface area contributed by atoms with Crippen LogP contribution in [0.5, 0.6) is 5.75 Å². The van der Waals surface area contributed by atoms with Gasteiger partial charge in [-0.3, -0.25) is 9.20 Å². The van der Waals surface area contributed by atoms with Crippen LogP contribution in [0.3, 0.4) is 0 Å². The predicted octanol–water partition coefficient (Wildman–Crippen LogP) is 4.74. The van der Waals surface area contributed by atoms with Crippen molar-refractivity contribution in [1.29, 1.82) is 0 Å². The number of hydrogen-bond acceptors (Lipinski definition) is 5. The lowest BCUT2D eigenvalue weighted by Gasteiger charge is -2.04. The van der Waals surface area contributed by atoms with Crippen molar-refractivity contribution in [3.05, 3.63) is 69.6 Å². The molecule has 0 spiro atoms. The molecule has 0 saturated carbocycles. The first-order valence-corrected chi connectivity index (χ1v) is 10.1. The Balaban J connectivity index is 1.78. The number of H-pyrrole nitrogens is 1. The highest BCUT2D eigenvalue weighted by molar-refractivity contribution is 9.10. The lowest BCUT2D eigenvalue weighted by atomic mass is 10.1. The van der Waals surface area contributed by atoms with E-state index in [0.717, 1.165) is 42.4 Å². The Kier molecular flexibility index (Phi) is 4.03. The third-order valence-electron chi connectivity index (χ3n) is 4.56. The minimum absolute atomic E-state index is 0.241. The third kappa shape index (κ3) is 2.64. The number of aromatic nitrogens is 4. The van der Waals surface area contributed by atoms with E-state index in [2.05, 4.69) is 31.1 Å². The van der Waals surface area contributed by atoms with E-state index in [1.54, 1.807) is 13.3 Å². The van der Waals surface area contributed by atoms with Gasteiger partial charge in [-0.15, -0.1) is 0 Å². The molecule has 0 aliphatic rings. The molecule has 28 heavy (non-hydrogen) atoms. The molecule has 0 fully saturated rings. The van der Waals surface area contributed by atoms with Crippen LogP contribution >= 0.6 is 27.3 Å². The Labute approximate surface area is 171 Å². The van der Waals surface area contributed by atoms with E-state index in [1.807, 2.05) is 52.9 Å². The Bertz CT molecular complexity index is 1370. The highest BCUT2D eigenvalue weighted by Gasteiger charge is 2.19. The zero-order valence-corrected chi connectivity index (χ0v) is 17.0. The van der Waals surface area contributed by atoms with E-state index in [-0.39, 0.29) is 5.56 Å². The maximum absolute atomic E-state index is 12.7. The molecule has 0 aliphatic carbocycles. The fourth-order valence-electron chi connectivity index (χ4n) is 3.21. The van der Waals surface area contributed by atoms with Gasteiger partial charge in [0.2, 0.25) is 0 Å². The number of fused-ring (bicyclic) bond motifs is 3. The summed E-state index contributed by atoms with van der Waals surface area (Å²) in [6.45, 7) is 0. The minimum atomic E-state index is -0.241. The molecule has 0 atom stereocenters. The fourth-order valence-corrected chi connectivity index (χ4v) is 4.58. The van der Waals surface area contributed by atoms with Gasteiger partial charge in [-0.25, -0.2) is 10.1 Å². The number of thiazole rings is 1. The van der Waals surface area contributed by atoms with Crippen LogP contribution in [0.15, 0.2) is 64.0 Å². The molecule has 0 unspecified atom stereocenters. The predicted molar refractivity (Wildman–Crippen MR) is 114 cm³/mol. The summed E-state index contributed by atoms with van der Waals surface area (Å²) in [5.41, 5.74) is 3.78. The molecule has 5 aromatic rings. The molecule has 0 saturated heterocycles. The van der Waals surface area contributed by atoms with Gasteiger partial charge < -0.3 is 4.74 Å². The van der Waals surface area contributed by atoms with Crippen molar-refractivity contribution in [2.45, 2.75) is 0 Å². The van der Waals surface area contributed by atoms with Gasteiger partial charge in [0.25, 0.3) is 5.56 Å². The summed E-state index contributed by atoms with van der Waals surface area (Å²) in [6.07, 6.45) is 1.79. The Morgan fingerprint density at radius 1 is 1.07 bits per heavy atom. The smallest absolute Gasteiger partial charge is 0.290 e. The molecule has 6 nitrogen and oxygen atoms in total. The van der Waals surface area contributed by atoms with Crippen molar-refractivity contribution in [2.75, 3.05) is 7.11 Å². The number of nitrogens with zero attached hydrogens (tertiary/aromatic N) is 3. The summed E-state index contributed by atoms with van der Waals surface area (Å²) in [4.78, 5) is 18.0. The fraction of sp³-hybridized carbons (Fsp3) is 0.0500. The number of rotatable bonds is 3. The number of halogens is 1. The van der Waals surface area contributed by atoms with Crippen LogP contribution in [0, 0.1) is 0 Å². The van der Waals surface area contributed by atoms with Crippen LogP contribution in [-0.4, -0.2) is 26.7 Å². The monoisotopic (exact) mass is 452 g/mol. The van der Waals surface area contributed by atoms with E-state index in [1.165, 1.54) is 11.3 Å². The minimum Gasteiger partial charge on any atom is -0.497 e. The number of benzene rings is 2. The summed E-state index contributed by atoms with van der Waals surface area (Å²) in [5, 5.41) is 6.95. The summed E-state index contributed by atoms with van der Waals surface area (Å²) >= 11 is 4.91. The average Bonchev–Trinajstić information content (AvgIpc) is 3.29. The molecule has 2 aromatic carbocycles. The second-order valence-corrected chi connectivity index (χ2v) is 8.07. The second kappa shape index (κ2) is 6.57. The van der Waals surface area contributed by atoms with E-state index in [4.69, 9.17) is 4.74 Å². The Hall–Kier alpha value is -2.97. The molecule has 0 aliphatic heterocycles. The molecule has 1 N–H and O–H groups in total. The van der Waals surface area contributed by atoms with Gasteiger partial charge in [-0.1, -0.05) is 39.4 Å². The van der Waals surface area contributed by atoms with E-state index in [0.29, 0.717) is 5.52 Å². The quantitative estimate of drug-likeness (QED) is 0.429. The largest absolute Gasteiger partial charge is 0.497 e. The standard InChI is InChI=1S/C20H13BrN4O2S/c1-27-14-8-4-12(5-9-14)16-18-17(19(26)24-23-16)25-15(10-22-20(25)28-18)11-2-6-13(21)7-3-11/h2-10H,1H3,(H,24,26). The summed E-state index contributed by atoms with van der Waals surface area (Å²) in [7, 11) is 1.63. The van der Waals surface area contributed by atoms with Gasteiger partial charge in [0.1, 0.15) is 17.0 Å². The Morgan fingerprint density at radius 2 is 1.79 bits per heavy atom. The number of hydrogen-bond donors (Lipinski definition) is 1. The first-order valence-electron chi connectivity index (χ1n) is 8.44.